The Labute approximate surface area is 186 Å². The molecule has 0 atom stereocenters. The molecule has 0 bridgehead atoms. The lowest BCUT2D eigenvalue weighted by atomic mass is 10.1. The lowest BCUT2D eigenvalue weighted by molar-refractivity contribution is 0.0746. The number of carbonyl (C=O) groups is 1. The number of nitriles is 1. The molecule has 158 valence electrons. The lowest BCUT2D eigenvalue weighted by Gasteiger charge is -2.34. The average Bonchev–Trinajstić information content (AvgIpc) is 2.87. The van der Waals surface area contributed by atoms with E-state index >= 15 is 0 Å². The van der Waals surface area contributed by atoms with Crippen molar-refractivity contribution in [3.63, 3.8) is 0 Å². The van der Waals surface area contributed by atoms with Crippen molar-refractivity contribution in [3.8, 4) is 23.7 Å². The van der Waals surface area contributed by atoms with Crippen molar-refractivity contribution in [2.24, 2.45) is 0 Å². The van der Waals surface area contributed by atoms with Gasteiger partial charge in [-0.3, -0.25) is 4.79 Å². The number of methoxy groups -OCH3 is 1. The second kappa shape index (κ2) is 9.63. The Balaban J connectivity index is 1.50. The molecule has 0 spiro atoms. The van der Waals surface area contributed by atoms with Crippen LogP contribution >= 0.6 is 0 Å². The van der Waals surface area contributed by atoms with Gasteiger partial charge in [0.05, 0.1) is 24.3 Å². The maximum Gasteiger partial charge on any atom is 0.254 e. The van der Waals surface area contributed by atoms with E-state index in [1.54, 1.807) is 62.0 Å². The molecule has 1 fully saturated rings. The molecule has 1 aliphatic rings. The van der Waals surface area contributed by atoms with Crippen LogP contribution in [0, 0.1) is 23.2 Å². The Kier molecular flexibility index (Phi) is 6.29. The van der Waals surface area contributed by atoms with E-state index in [9.17, 15) is 4.79 Å². The summed E-state index contributed by atoms with van der Waals surface area (Å²) >= 11 is 0. The average molecular weight is 423 g/mol. The molecule has 2 aromatic carbocycles. The topological polar surface area (TPSA) is 82.3 Å². The third-order valence-corrected chi connectivity index (χ3v) is 5.18. The van der Waals surface area contributed by atoms with Crippen LogP contribution in [0.4, 0.5) is 5.95 Å². The standard InChI is InChI=1S/C25H21N5O2/c1-32-23-9-8-22(17-21(23)7-6-19-4-2-5-20(16-19)18-26)24(31)29-12-14-30(15-13-29)25-27-10-3-11-28-25/h2-5,8-11,16-17H,12-15H2,1H3. The fourth-order valence-electron chi connectivity index (χ4n) is 3.49. The molecular formula is C25H21N5O2. The monoisotopic (exact) mass is 423 g/mol. The molecule has 2 heterocycles. The molecule has 0 unspecified atom stereocenters. The van der Waals surface area contributed by atoms with Crippen molar-refractivity contribution in [2.45, 2.75) is 0 Å². The Morgan fingerprint density at radius 3 is 2.44 bits per heavy atom. The first-order valence-corrected chi connectivity index (χ1v) is 10.2. The molecule has 0 radical (unpaired) electrons. The summed E-state index contributed by atoms with van der Waals surface area (Å²) in [6, 6.07) is 16.3. The maximum absolute atomic E-state index is 13.1. The van der Waals surface area contributed by atoms with Gasteiger partial charge in [0, 0.05) is 49.7 Å². The van der Waals surface area contributed by atoms with Crippen molar-refractivity contribution in [3.05, 3.63) is 83.2 Å². The van der Waals surface area contributed by atoms with Gasteiger partial charge < -0.3 is 14.5 Å². The Hall–Kier alpha value is -4.36. The number of rotatable bonds is 3. The fourth-order valence-corrected chi connectivity index (χ4v) is 3.49. The Morgan fingerprint density at radius 1 is 0.969 bits per heavy atom. The molecule has 1 aromatic heterocycles. The predicted octanol–water partition coefficient (Wildman–Crippen LogP) is 2.72. The number of hydrogen-bond donors (Lipinski definition) is 0. The van der Waals surface area contributed by atoms with Gasteiger partial charge in [-0.15, -0.1) is 0 Å². The molecule has 7 nitrogen and oxygen atoms in total. The number of amides is 1. The van der Waals surface area contributed by atoms with Crippen molar-refractivity contribution in [1.82, 2.24) is 14.9 Å². The molecule has 1 saturated heterocycles. The maximum atomic E-state index is 13.1. The third-order valence-electron chi connectivity index (χ3n) is 5.18. The number of aromatic nitrogens is 2. The van der Waals surface area contributed by atoms with Gasteiger partial charge in [0.2, 0.25) is 5.95 Å². The minimum Gasteiger partial charge on any atom is -0.495 e. The molecule has 7 heteroatoms. The third kappa shape index (κ3) is 4.69. The van der Waals surface area contributed by atoms with Gasteiger partial charge in [0.25, 0.3) is 5.91 Å². The summed E-state index contributed by atoms with van der Waals surface area (Å²) in [5.41, 5.74) is 2.46. The van der Waals surface area contributed by atoms with E-state index in [4.69, 9.17) is 10.00 Å². The van der Waals surface area contributed by atoms with Gasteiger partial charge in [0.1, 0.15) is 5.75 Å². The van der Waals surface area contributed by atoms with E-state index in [0.29, 0.717) is 54.6 Å². The van der Waals surface area contributed by atoms with Crippen molar-refractivity contribution >= 4 is 11.9 Å². The van der Waals surface area contributed by atoms with Crippen LogP contribution in [0.25, 0.3) is 0 Å². The summed E-state index contributed by atoms with van der Waals surface area (Å²) in [7, 11) is 1.57. The molecule has 4 rings (SSSR count). The van der Waals surface area contributed by atoms with Gasteiger partial charge in [-0.2, -0.15) is 5.26 Å². The van der Waals surface area contributed by atoms with Crippen LogP contribution in [-0.2, 0) is 0 Å². The van der Waals surface area contributed by atoms with E-state index in [1.165, 1.54) is 0 Å². The second-order valence-electron chi connectivity index (χ2n) is 7.19. The first-order chi connectivity index (χ1) is 15.7. The highest BCUT2D eigenvalue weighted by atomic mass is 16.5. The summed E-state index contributed by atoms with van der Waals surface area (Å²) < 4.78 is 5.42. The molecule has 0 aliphatic carbocycles. The van der Waals surface area contributed by atoms with Gasteiger partial charge >= 0.3 is 0 Å². The zero-order valence-electron chi connectivity index (χ0n) is 17.7. The Morgan fingerprint density at radius 2 is 1.72 bits per heavy atom. The molecular weight excluding hydrogens is 402 g/mol. The van der Waals surface area contributed by atoms with Gasteiger partial charge in [-0.1, -0.05) is 17.9 Å². The number of hydrogen-bond acceptors (Lipinski definition) is 6. The highest BCUT2D eigenvalue weighted by molar-refractivity contribution is 5.95. The van der Waals surface area contributed by atoms with Crippen molar-refractivity contribution in [1.29, 1.82) is 5.26 Å². The molecule has 3 aromatic rings. The molecule has 0 saturated carbocycles. The zero-order valence-corrected chi connectivity index (χ0v) is 17.7. The summed E-state index contributed by atoms with van der Waals surface area (Å²) in [6.45, 7) is 2.53. The van der Waals surface area contributed by atoms with Crippen LogP contribution in [0.5, 0.6) is 5.75 Å². The normalized spacial score (nSPS) is 13.0. The second-order valence-corrected chi connectivity index (χ2v) is 7.19. The van der Waals surface area contributed by atoms with Crippen molar-refractivity contribution in [2.75, 3.05) is 38.2 Å². The number of anilines is 1. The zero-order chi connectivity index (χ0) is 22.3. The lowest BCUT2D eigenvalue weighted by Crippen LogP contribution is -2.49. The van der Waals surface area contributed by atoms with Gasteiger partial charge in [0.15, 0.2) is 0 Å². The highest BCUT2D eigenvalue weighted by Crippen LogP contribution is 2.21. The first-order valence-electron chi connectivity index (χ1n) is 10.2. The summed E-state index contributed by atoms with van der Waals surface area (Å²) in [4.78, 5) is 25.6. The van der Waals surface area contributed by atoms with Crippen LogP contribution in [0.3, 0.4) is 0 Å². The van der Waals surface area contributed by atoms with Gasteiger partial charge in [-0.25, -0.2) is 9.97 Å². The van der Waals surface area contributed by atoms with E-state index in [-0.39, 0.29) is 5.91 Å². The van der Waals surface area contributed by atoms with Crippen LogP contribution in [-0.4, -0.2) is 54.1 Å². The summed E-state index contributed by atoms with van der Waals surface area (Å²) in [5, 5.41) is 9.06. The van der Waals surface area contributed by atoms with Crippen LogP contribution in [0.2, 0.25) is 0 Å². The smallest absolute Gasteiger partial charge is 0.254 e. The number of piperazine rings is 1. The fraction of sp³-hybridized carbons (Fsp3) is 0.200. The number of carbonyl (C=O) groups excluding carboxylic acids is 1. The predicted molar refractivity (Wildman–Crippen MR) is 120 cm³/mol. The minimum absolute atomic E-state index is 0.0455. The van der Waals surface area contributed by atoms with Crippen LogP contribution in [0.15, 0.2) is 60.9 Å². The largest absolute Gasteiger partial charge is 0.495 e. The van der Waals surface area contributed by atoms with Gasteiger partial charge in [-0.05, 0) is 42.5 Å². The number of benzene rings is 2. The summed E-state index contributed by atoms with van der Waals surface area (Å²) in [5.74, 6) is 7.36. The highest BCUT2D eigenvalue weighted by Gasteiger charge is 2.23. The van der Waals surface area contributed by atoms with Crippen molar-refractivity contribution < 1.29 is 9.53 Å². The number of nitrogens with zero attached hydrogens (tertiary/aromatic N) is 5. The molecule has 32 heavy (non-hydrogen) atoms. The SMILES string of the molecule is COc1ccc(C(=O)N2CCN(c3ncccn3)CC2)cc1C#Cc1cccc(C#N)c1. The molecule has 0 N–H and O–H groups in total. The summed E-state index contributed by atoms with van der Waals surface area (Å²) in [6.07, 6.45) is 3.44. The van der Waals surface area contributed by atoms with Crippen LogP contribution < -0.4 is 9.64 Å². The molecule has 1 aliphatic heterocycles. The Bertz CT molecular complexity index is 1220. The van der Waals surface area contributed by atoms with E-state index in [0.717, 1.165) is 5.56 Å². The minimum atomic E-state index is -0.0455. The van der Waals surface area contributed by atoms with E-state index < -0.39 is 0 Å². The first kappa shape index (κ1) is 20.9. The quantitative estimate of drug-likeness (QED) is 0.603. The van der Waals surface area contributed by atoms with E-state index in [1.807, 2.05) is 11.0 Å². The van der Waals surface area contributed by atoms with E-state index in [2.05, 4.69) is 32.8 Å². The van der Waals surface area contributed by atoms with Crippen LogP contribution in [0.1, 0.15) is 27.0 Å². The molecule has 1 amide bonds. The number of ether oxygens (including phenoxy) is 1.